The van der Waals surface area contributed by atoms with E-state index in [1.54, 1.807) is 25.3 Å². The van der Waals surface area contributed by atoms with Crippen LogP contribution in [-0.4, -0.2) is 29.9 Å². The Morgan fingerprint density at radius 3 is 2.19 bits per heavy atom. The number of benzene rings is 1. The molecule has 0 atom stereocenters. The van der Waals surface area contributed by atoms with Gasteiger partial charge in [0.2, 0.25) is 0 Å². The first-order valence-electron chi connectivity index (χ1n) is 8.62. The van der Waals surface area contributed by atoms with Crippen LogP contribution < -0.4 is 14.8 Å². The third-order valence-electron chi connectivity index (χ3n) is 4.01. The van der Waals surface area contributed by atoms with Gasteiger partial charge in [0.05, 0.1) is 31.0 Å². The summed E-state index contributed by atoms with van der Waals surface area (Å²) in [4.78, 5) is 12.9. The van der Waals surface area contributed by atoms with Crippen molar-refractivity contribution in [2.24, 2.45) is 0 Å². The third kappa shape index (κ3) is 4.18. The van der Waals surface area contributed by atoms with E-state index in [1.807, 2.05) is 31.5 Å². The summed E-state index contributed by atoms with van der Waals surface area (Å²) in [6, 6.07) is 7.06. The molecule has 0 aliphatic rings. The fraction of sp³-hybridized carbons (Fsp3) is 0.500. The standard InChI is InChI=1S/C20H29N3O3/c1-19(2,3)16-12-17(23(22-16)20(4,5)6)21-18(24)14-11-13(25-7)9-10-15(14)26-8/h9-12H,1-8H3,(H,21,24). The molecule has 26 heavy (non-hydrogen) atoms. The minimum Gasteiger partial charge on any atom is -0.497 e. The molecule has 6 nitrogen and oxygen atoms in total. The quantitative estimate of drug-likeness (QED) is 0.888. The van der Waals surface area contributed by atoms with Gasteiger partial charge in [-0.3, -0.25) is 4.79 Å². The van der Waals surface area contributed by atoms with Crippen molar-refractivity contribution in [3.05, 3.63) is 35.5 Å². The lowest BCUT2D eigenvalue weighted by Gasteiger charge is -2.23. The van der Waals surface area contributed by atoms with Gasteiger partial charge in [-0.1, -0.05) is 20.8 Å². The maximum absolute atomic E-state index is 12.9. The number of hydrogen-bond donors (Lipinski definition) is 1. The molecule has 0 fully saturated rings. The molecule has 0 aliphatic carbocycles. The Balaban J connectivity index is 2.45. The zero-order chi connectivity index (χ0) is 19.7. The van der Waals surface area contributed by atoms with Gasteiger partial charge in [-0.05, 0) is 39.0 Å². The highest BCUT2D eigenvalue weighted by atomic mass is 16.5. The maximum atomic E-state index is 12.9. The van der Waals surface area contributed by atoms with Gasteiger partial charge >= 0.3 is 0 Å². The monoisotopic (exact) mass is 359 g/mol. The summed E-state index contributed by atoms with van der Waals surface area (Å²) >= 11 is 0. The highest BCUT2D eigenvalue weighted by Crippen LogP contribution is 2.30. The van der Waals surface area contributed by atoms with E-state index >= 15 is 0 Å². The fourth-order valence-corrected chi connectivity index (χ4v) is 2.52. The molecule has 1 amide bonds. The second-order valence-corrected chi connectivity index (χ2v) is 8.27. The van der Waals surface area contributed by atoms with Crippen LogP contribution in [0.15, 0.2) is 24.3 Å². The molecule has 0 radical (unpaired) electrons. The Kier molecular flexibility index (Phi) is 5.35. The smallest absolute Gasteiger partial charge is 0.260 e. The molecule has 2 rings (SSSR count). The molecular weight excluding hydrogens is 330 g/mol. The lowest BCUT2D eigenvalue weighted by molar-refractivity contribution is 0.102. The summed E-state index contributed by atoms with van der Waals surface area (Å²) in [5.74, 6) is 1.46. The van der Waals surface area contributed by atoms with Crippen molar-refractivity contribution in [1.29, 1.82) is 0 Å². The van der Waals surface area contributed by atoms with Crippen LogP contribution in [0.25, 0.3) is 0 Å². The second kappa shape index (κ2) is 7.02. The van der Waals surface area contributed by atoms with Crippen LogP contribution in [0.4, 0.5) is 5.82 Å². The number of rotatable bonds is 4. The van der Waals surface area contributed by atoms with E-state index in [0.29, 0.717) is 22.9 Å². The number of hydrogen-bond acceptors (Lipinski definition) is 4. The molecule has 1 N–H and O–H groups in total. The number of nitrogens with zero attached hydrogens (tertiary/aromatic N) is 2. The SMILES string of the molecule is COc1ccc(OC)c(C(=O)Nc2cc(C(C)(C)C)nn2C(C)(C)C)c1. The van der Waals surface area contributed by atoms with Crippen molar-refractivity contribution in [3.63, 3.8) is 0 Å². The van der Waals surface area contributed by atoms with Crippen LogP contribution >= 0.6 is 0 Å². The zero-order valence-corrected chi connectivity index (χ0v) is 16.9. The molecule has 1 aromatic heterocycles. The average Bonchev–Trinajstić information content (AvgIpc) is 2.98. The van der Waals surface area contributed by atoms with E-state index in [1.165, 1.54) is 7.11 Å². The van der Waals surface area contributed by atoms with Gasteiger partial charge in [0, 0.05) is 11.5 Å². The number of nitrogens with one attached hydrogen (secondary N) is 1. The van der Waals surface area contributed by atoms with Gasteiger partial charge in [-0.2, -0.15) is 5.10 Å². The molecule has 2 aromatic rings. The molecule has 1 heterocycles. The first kappa shape index (κ1) is 19.8. The Hall–Kier alpha value is -2.50. The number of ether oxygens (including phenoxy) is 2. The number of carbonyl (C=O) groups is 1. The van der Waals surface area contributed by atoms with E-state index in [9.17, 15) is 4.79 Å². The van der Waals surface area contributed by atoms with Crippen LogP contribution in [-0.2, 0) is 11.0 Å². The largest absolute Gasteiger partial charge is 0.497 e. The second-order valence-electron chi connectivity index (χ2n) is 8.27. The van der Waals surface area contributed by atoms with E-state index < -0.39 is 0 Å². The minimum absolute atomic E-state index is 0.121. The fourth-order valence-electron chi connectivity index (χ4n) is 2.52. The van der Waals surface area contributed by atoms with Crippen molar-refractivity contribution in [2.75, 3.05) is 19.5 Å². The molecular formula is C20H29N3O3. The maximum Gasteiger partial charge on any atom is 0.260 e. The Morgan fingerprint density at radius 1 is 1.04 bits per heavy atom. The number of amides is 1. The number of aromatic nitrogens is 2. The van der Waals surface area contributed by atoms with Crippen LogP contribution in [0.3, 0.4) is 0 Å². The van der Waals surface area contributed by atoms with Gasteiger partial charge in [-0.15, -0.1) is 0 Å². The predicted molar refractivity (Wildman–Crippen MR) is 103 cm³/mol. The van der Waals surface area contributed by atoms with Gasteiger partial charge < -0.3 is 14.8 Å². The van der Waals surface area contributed by atoms with E-state index in [4.69, 9.17) is 14.6 Å². The molecule has 0 aliphatic heterocycles. The van der Waals surface area contributed by atoms with Crippen molar-refractivity contribution in [2.45, 2.75) is 52.5 Å². The molecule has 0 spiro atoms. The average molecular weight is 359 g/mol. The molecule has 1 aromatic carbocycles. The molecule has 142 valence electrons. The van der Waals surface area contributed by atoms with Crippen molar-refractivity contribution in [1.82, 2.24) is 9.78 Å². The van der Waals surface area contributed by atoms with Gasteiger partial charge in [-0.25, -0.2) is 4.68 Å². The Morgan fingerprint density at radius 2 is 1.69 bits per heavy atom. The molecule has 0 saturated heterocycles. The normalized spacial score (nSPS) is 12.0. The third-order valence-corrected chi connectivity index (χ3v) is 4.01. The van der Waals surface area contributed by atoms with Gasteiger partial charge in [0.1, 0.15) is 17.3 Å². The molecule has 0 bridgehead atoms. The number of anilines is 1. The molecule has 0 saturated carbocycles. The van der Waals surface area contributed by atoms with Crippen molar-refractivity contribution < 1.29 is 14.3 Å². The molecule has 0 unspecified atom stereocenters. The van der Waals surface area contributed by atoms with Crippen LogP contribution in [0.1, 0.15) is 57.6 Å². The highest BCUT2D eigenvalue weighted by Gasteiger charge is 2.26. The van der Waals surface area contributed by atoms with Crippen molar-refractivity contribution >= 4 is 11.7 Å². The van der Waals surface area contributed by atoms with E-state index in [2.05, 4.69) is 26.1 Å². The van der Waals surface area contributed by atoms with E-state index in [0.717, 1.165) is 5.69 Å². The molecule has 6 heteroatoms. The van der Waals surface area contributed by atoms with Crippen LogP contribution in [0.5, 0.6) is 11.5 Å². The number of carbonyl (C=O) groups excluding carboxylic acids is 1. The predicted octanol–water partition coefficient (Wildman–Crippen LogP) is 4.21. The summed E-state index contributed by atoms with van der Waals surface area (Å²) in [7, 11) is 3.10. The summed E-state index contributed by atoms with van der Waals surface area (Å²) in [5.41, 5.74) is 0.931. The number of methoxy groups -OCH3 is 2. The van der Waals surface area contributed by atoms with Gasteiger partial charge in [0.25, 0.3) is 5.91 Å². The van der Waals surface area contributed by atoms with E-state index in [-0.39, 0.29) is 16.9 Å². The summed E-state index contributed by atoms with van der Waals surface area (Å²) in [6.07, 6.45) is 0. The minimum atomic E-state index is -0.273. The van der Waals surface area contributed by atoms with Gasteiger partial charge in [0.15, 0.2) is 0 Å². The Bertz CT molecular complexity index is 796. The highest BCUT2D eigenvalue weighted by molar-refractivity contribution is 6.06. The summed E-state index contributed by atoms with van der Waals surface area (Å²) < 4.78 is 12.4. The van der Waals surface area contributed by atoms with Crippen LogP contribution in [0.2, 0.25) is 0 Å². The zero-order valence-electron chi connectivity index (χ0n) is 16.9. The lowest BCUT2D eigenvalue weighted by Crippen LogP contribution is -2.27. The van der Waals surface area contributed by atoms with Crippen molar-refractivity contribution in [3.8, 4) is 11.5 Å². The first-order valence-corrected chi connectivity index (χ1v) is 8.62. The first-order chi connectivity index (χ1) is 12.0. The Labute approximate surface area is 155 Å². The lowest BCUT2D eigenvalue weighted by atomic mass is 9.92. The topological polar surface area (TPSA) is 65.4 Å². The summed E-state index contributed by atoms with van der Waals surface area (Å²) in [5, 5.41) is 7.70. The van der Waals surface area contributed by atoms with Crippen LogP contribution in [0, 0.1) is 0 Å². The summed E-state index contributed by atoms with van der Waals surface area (Å²) in [6.45, 7) is 12.4.